The molecule has 1 amide bonds. The number of aromatic nitrogens is 2. The molecule has 3 aromatic rings. The van der Waals surface area contributed by atoms with Gasteiger partial charge in [0, 0.05) is 44.1 Å². The van der Waals surface area contributed by atoms with E-state index in [4.69, 9.17) is 4.74 Å². The van der Waals surface area contributed by atoms with Crippen molar-refractivity contribution in [2.75, 3.05) is 13.1 Å². The largest absolute Gasteiger partial charge is 0.487 e. The zero-order valence-corrected chi connectivity index (χ0v) is 18.9. The molecule has 0 spiro atoms. The summed E-state index contributed by atoms with van der Waals surface area (Å²) in [5.41, 5.74) is 1.77. The maximum atomic E-state index is 12.7. The van der Waals surface area contributed by atoms with Gasteiger partial charge < -0.3 is 10.1 Å². The fourth-order valence-electron chi connectivity index (χ4n) is 3.73. The van der Waals surface area contributed by atoms with Crippen LogP contribution in [0.2, 0.25) is 0 Å². The molecule has 0 atom stereocenters. The molecular weight excluding hydrogens is 440 g/mol. The third-order valence-corrected chi connectivity index (χ3v) is 7.46. The number of hydrogen-bond acceptors (Lipinski definition) is 6. The van der Waals surface area contributed by atoms with Crippen LogP contribution in [0.5, 0.6) is 5.75 Å². The summed E-state index contributed by atoms with van der Waals surface area (Å²) in [6, 6.07) is 16.4. The van der Waals surface area contributed by atoms with Crippen LogP contribution in [-0.4, -0.2) is 41.7 Å². The molecule has 0 unspecified atom stereocenters. The molecule has 172 valence electrons. The zero-order valence-electron chi connectivity index (χ0n) is 18.1. The Hall–Kier alpha value is -3.30. The first kappa shape index (κ1) is 22.9. The van der Waals surface area contributed by atoms with E-state index in [0.29, 0.717) is 44.8 Å². The van der Waals surface area contributed by atoms with Crippen molar-refractivity contribution in [3.63, 3.8) is 0 Å². The van der Waals surface area contributed by atoms with Gasteiger partial charge in [-0.1, -0.05) is 18.2 Å². The highest BCUT2D eigenvalue weighted by atomic mass is 32.2. The fraction of sp³-hybridized carbons (Fsp3) is 0.292. The molecule has 0 aliphatic carbocycles. The van der Waals surface area contributed by atoms with Gasteiger partial charge in [-0.2, -0.15) is 4.31 Å². The molecule has 1 aliphatic rings. The zero-order chi connectivity index (χ0) is 23.1. The molecule has 9 heteroatoms. The van der Waals surface area contributed by atoms with Crippen LogP contribution in [0.3, 0.4) is 0 Å². The van der Waals surface area contributed by atoms with E-state index in [0.717, 1.165) is 11.3 Å². The number of carbonyl (C=O) groups is 1. The van der Waals surface area contributed by atoms with Gasteiger partial charge in [0.05, 0.1) is 5.69 Å². The maximum absolute atomic E-state index is 12.7. The monoisotopic (exact) mass is 466 g/mol. The summed E-state index contributed by atoms with van der Waals surface area (Å²) in [6.07, 6.45) is 5.58. The summed E-state index contributed by atoms with van der Waals surface area (Å²) >= 11 is 0. The summed E-state index contributed by atoms with van der Waals surface area (Å²) in [5, 5.41) is 2.97. The first-order chi connectivity index (χ1) is 16.0. The van der Waals surface area contributed by atoms with Crippen molar-refractivity contribution in [3.05, 3.63) is 84.4 Å². The lowest BCUT2D eigenvalue weighted by molar-refractivity contribution is -0.126. The number of benzene rings is 1. The second-order valence-corrected chi connectivity index (χ2v) is 9.78. The SMILES string of the molecule is O=C(NCc1cccc(OCc2ccccn2)c1)C1CCN(S(=O)(=O)c2cccnc2)CC1. The first-order valence-electron chi connectivity index (χ1n) is 10.8. The number of sulfonamides is 1. The number of amides is 1. The average molecular weight is 467 g/mol. The Bertz CT molecular complexity index is 1170. The number of hydrogen-bond donors (Lipinski definition) is 1. The van der Waals surface area contributed by atoms with Crippen molar-refractivity contribution < 1.29 is 17.9 Å². The van der Waals surface area contributed by atoms with Crippen LogP contribution in [0, 0.1) is 5.92 Å². The highest BCUT2D eigenvalue weighted by molar-refractivity contribution is 7.89. The summed E-state index contributed by atoms with van der Waals surface area (Å²) in [7, 11) is -3.58. The molecule has 1 saturated heterocycles. The molecule has 0 bridgehead atoms. The van der Waals surface area contributed by atoms with Crippen LogP contribution in [0.4, 0.5) is 0 Å². The molecule has 1 N–H and O–H groups in total. The first-order valence-corrected chi connectivity index (χ1v) is 12.3. The van der Waals surface area contributed by atoms with E-state index in [-0.39, 0.29) is 16.7 Å². The van der Waals surface area contributed by atoms with E-state index in [1.807, 2.05) is 42.5 Å². The van der Waals surface area contributed by atoms with Crippen LogP contribution < -0.4 is 10.1 Å². The third kappa shape index (κ3) is 5.94. The van der Waals surface area contributed by atoms with Gasteiger partial charge in [-0.15, -0.1) is 0 Å². The van der Waals surface area contributed by atoms with Gasteiger partial charge >= 0.3 is 0 Å². The van der Waals surface area contributed by atoms with Crippen LogP contribution in [0.15, 0.2) is 78.1 Å². The highest BCUT2D eigenvalue weighted by Gasteiger charge is 2.32. The van der Waals surface area contributed by atoms with Gasteiger partial charge in [-0.25, -0.2) is 8.42 Å². The standard InChI is InChI=1S/C24H26N4O4S/c29-24(20-9-13-28(14-10-20)33(30,31)23-8-4-11-25-17-23)27-16-19-5-3-7-22(15-19)32-18-21-6-1-2-12-26-21/h1-8,11-12,15,17,20H,9-10,13-14,16,18H2,(H,27,29). The molecule has 3 heterocycles. The molecule has 4 rings (SSSR count). The fourth-order valence-corrected chi connectivity index (χ4v) is 5.16. The lowest BCUT2D eigenvalue weighted by Gasteiger charge is -2.30. The van der Waals surface area contributed by atoms with Crippen LogP contribution in [0.25, 0.3) is 0 Å². The van der Waals surface area contributed by atoms with Gasteiger partial charge in [0.25, 0.3) is 0 Å². The Labute approximate surface area is 193 Å². The number of piperidine rings is 1. The lowest BCUT2D eigenvalue weighted by atomic mass is 9.97. The van der Waals surface area contributed by atoms with Crippen LogP contribution in [0.1, 0.15) is 24.1 Å². The second-order valence-electron chi connectivity index (χ2n) is 7.84. The van der Waals surface area contributed by atoms with Gasteiger partial charge in [0.15, 0.2) is 0 Å². The van der Waals surface area contributed by atoms with Crippen molar-refractivity contribution in [2.45, 2.75) is 30.9 Å². The van der Waals surface area contributed by atoms with Crippen molar-refractivity contribution in [1.29, 1.82) is 0 Å². The number of pyridine rings is 2. The molecule has 1 fully saturated rings. The second kappa shape index (κ2) is 10.5. The predicted octanol–water partition coefficient (Wildman–Crippen LogP) is 2.77. The quantitative estimate of drug-likeness (QED) is 0.548. The van der Waals surface area contributed by atoms with E-state index in [2.05, 4.69) is 15.3 Å². The molecule has 0 radical (unpaired) electrons. The summed E-state index contributed by atoms with van der Waals surface area (Å²) in [6.45, 7) is 1.38. The molecular formula is C24H26N4O4S. The normalized spacial score (nSPS) is 15.2. The van der Waals surface area contributed by atoms with Crippen molar-refractivity contribution >= 4 is 15.9 Å². The summed E-state index contributed by atoms with van der Waals surface area (Å²) < 4.78 is 32.7. The molecule has 2 aromatic heterocycles. The minimum absolute atomic E-state index is 0.0618. The number of ether oxygens (including phenoxy) is 1. The van der Waals surface area contributed by atoms with Crippen LogP contribution in [-0.2, 0) is 28.0 Å². The molecule has 1 aromatic carbocycles. The smallest absolute Gasteiger partial charge is 0.244 e. The number of carbonyl (C=O) groups excluding carboxylic acids is 1. The van der Waals surface area contributed by atoms with Crippen molar-refractivity contribution in [3.8, 4) is 5.75 Å². The Balaban J connectivity index is 1.26. The van der Waals surface area contributed by atoms with E-state index in [1.165, 1.54) is 22.8 Å². The van der Waals surface area contributed by atoms with E-state index < -0.39 is 10.0 Å². The molecule has 33 heavy (non-hydrogen) atoms. The number of nitrogens with one attached hydrogen (secondary N) is 1. The lowest BCUT2D eigenvalue weighted by Crippen LogP contribution is -2.42. The number of nitrogens with zero attached hydrogens (tertiary/aromatic N) is 3. The summed E-state index contributed by atoms with van der Waals surface area (Å²) in [5.74, 6) is 0.434. The van der Waals surface area contributed by atoms with Gasteiger partial charge in [-0.3, -0.25) is 14.8 Å². The molecule has 0 saturated carbocycles. The highest BCUT2D eigenvalue weighted by Crippen LogP contribution is 2.24. The predicted molar refractivity (Wildman–Crippen MR) is 123 cm³/mol. The topological polar surface area (TPSA) is 101 Å². The van der Waals surface area contributed by atoms with E-state index in [9.17, 15) is 13.2 Å². The Morgan fingerprint density at radius 3 is 2.64 bits per heavy atom. The molecule has 1 aliphatic heterocycles. The van der Waals surface area contributed by atoms with Crippen LogP contribution >= 0.6 is 0 Å². The van der Waals surface area contributed by atoms with Crippen molar-refractivity contribution in [2.24, 2.45) is 5.92 Å². The average Bonchev–Trinajstić information content (AvgIpc) is 2.87. The Morgan fingerprint density at radius 2 is 1.91 bits per heavy atom. The summed E-state index contributed by atoms with van der Waals surface area (Å²) in [4.78, 5) is 21.0. The Kier molecular flexibility index (Phi) is 7.31. The maximum Gasteiger partial charge on any atom is 0.244 e. The van der Waals surface area contributed by atoms with Gasteiger partial charge in [0.1, 0.15) is 17.3 Å². The third-order valence-electron chi connectivity index (χ3n) is 5.57. The van der Waals surface area contributed by atoms with E-state index >= 15 is 0 Å². The molecule has 8 nitrogen and oxygen atoms in total. The van der Waals surface area contributed by atoms with Crippen molar-refractivity contribution in [1.82, 2.24) is 19.6 Å². The Morgan fingerprint density at radius 1 is 1.06 bits per heavy atom. The number of rotatable bonds is 8. The van der Waals surface area contributed by atoms with E-state index in [1.54, 1.807) is 12.3 Å². The van der Waals surface area contributed by atoms with Gasteiger partial charge in [-0.05, 0) is 54.8 Å². The minimum atomic E-state index is -3.58. The minimum Gasteiger partial charge on any atom is -0.487 e. The van der Waals surface area contributed by atoms with Gasteiger partial charge in [0.2, 0.25) is 15.9 Å².